The Labute approximate surface area is 147 Å². The minimum atomic E-state index is 0.110. The summed E-state index contributed by atoms with van der Waals surface area (Å²) in [7, 11) is 0. The molecule has 2 aromatic rings. The van der Waals surface area contributed by atoms with Gasteiger partial charge in [-0.3, -0.25) is 0 Å². The maximum absolute atomic E-state index is 10.2. The van der Waals surface area contributed by atoms with Gasteiger partial charge in [-0.05, 0) is 54.8 Å². The van der Waals surface area contributed by atoms with Crippen molar-refractivity contribution in [2.45, 2.75) is 13.3 Å². The predicted octanol–water partition coefficient (Wildman–Crippen LogP) is 5.24. The van der Waals surface area contributed by atoms with Gasteiger partial charge >= 0.3 is 0 Å². The van der Waals surface area contributed by atoms with Crippen LogP contribution in [0, 0.1) is 11.3 Å². The SMILES string of the molecule is C=CCc1cc(/C=C(/C#N)c2ccc(Cl)cc2)cc(OCC)c1O. The molecule has 122 valence electrons. The number of hydrogen-bond donors (Lipinski definition) is 1. The molecule has 0 amide bonds. The lowest BCUT2D eigenvalue weighted by atomic mass is 10.0. The molecule has 0 saturated heterocycles. The molecule has 0 heterocycles. The molecule has 1 N–H and O–H groups in total. The number of phenols is 1. The van der Waals surface area contributed by atoms with Crippen LogP contribution in [-0.2, 0) is 6.42 Å². The number of allylic oxidation sites excluding steroid dienone is 2. The minimum Gasteiger partial charge on any atom is -0.504 e. The number of hydrogen-bond acceptors (Lipinski definition) is 3. The summed E-state index contributed by atoms with van der Waals surface area (Å²) in [4.78, 5) is 0. The third-order valence-electron chi connectivity index (χ3n) is 3.43. The number of benzene rings is 2. The van der Waals surface area contributed by atoms with Gasteiger partial charge in [0.05, 0.1) is 18.2 Å². The fourth-order valence-corrected chi connectivity index (χ4v) is 2.45. The molecule has 0 atom stereocenters. The number of rotatable bonds is 6. The minimum absolute atomic E-state index is 0.110. The van der Waals surface area contributed by atoms with E-state index >= 15 is 0 Å². The zero-order valence-electron chi connectivity index (χ0n) is 13.4. The smallest absolute Gasteiger partial charge is 0.161 e. The van der Waals surface area contributed by atoms with Crippen molar-refractivity contribution in [2.75, 3.05) is 6.61 Å². The average molecular weight is 340 g/mol. The van der Waals surface area contributed by atoms with Crippen LogP contribution in [0.1, 0.15) is 23.6 Å². The van der Waals surface area contributed by atoms with Gasteiger partial charge in [0.15, 0.2) is 11.5 Å². The summed E-state index contributed by atoms with van der Waals surface area (Å²) in [5.74, 6) is 0.510. The zero-order valence-corrected chi connectivity index (χ0v) is 14.2. The first-order chi connectivity index (χ1) is 11.6. The van der Waals surface area contributed by atoms with Crippen molar-refractivity contribution in [3.8, 4) is 17.6 Å². The third kappa shape index (κ3) is 4.18. The van der Waals surface area contributed by atoms with Crippen LogP contribution in [0.2, 0.25) is 5.02 Å². The maximum atomic E-state index is 10.2. The Hall–Kier alpha value is -2.70. The summed E-state index contributed by atoms with van der Waals surface area (Å²) in [5, 5.41) is 20.3. The molecule has 0 spiro atoms. The first-order valence-corrected chi connectivity index (χ1v) is 7.94. The van der Waals surface area contributed by atoms with Gasteiger partial charge in [-0.1, -0.05) is 29.8 Å². The Morgan fingerprint density at radius 1 is 1.33 bits per heavy atom. The molecular weight excluding hydrogens is 322 g/mol. The highest BCUT2D eigenvalue weighted by molar-refractivity contribution is 6.30. The number of ether oxygens (including phenoxy) is 1. The summed E-state index contributed by atoms with van der Waals surface area (Å²) in [6.45, 7) is 5.99. The van der Waals surface area contributed by atoms with E-state index in [2.05, 4.69) is 12.6 Å². The Morgan fingerprint density at radius 2 is 2.04 bits per heavy atom. The second-order valence-electron chi connectivity index (χ2n) is 5.13. The molecule has 0 radical (unpaired) electrons. The van der Waals surface area contributed by atoms with Gasteiger partial charge < -0.3 is 9.84 Å². The van der Waals surface area contributed by atoms with Gasteiger partial charge in [-0.15, -0.1) is 6.58 Å². The quantitative estimate of drug-likeness (QED) is 0.445. The molecule has 2 aromatic carbocycles. The average Bonchev–Trinajstić information content (AvgIpc) is 2.58. The molecule has 0 aromatic heterocycles. The van der Waals surface area contributed by atoms with Gasteiger partial charge in [0.25, 0.3) is 0 Å². The Morgan fingerprint density at radius 3 is 2.62 bits per heavy atom. The van der Waals surface area contributed by atoms with Crippen molar-refractivity contribution >= 4 is 23.3 Å². The van der Waals surface area contributed by atoms with Crippen molar-refractivity contribution in [1.29, 1.82) is 5.26 Å². The summed E-state index contributed by atoms with van der Waals surface area (Å²) >= 11 is 5.89. The van der Waals surface area contributed by atoms with Crippen LogP contribution in [-0.4, -0.2) is 11.7 Å². The number of nitriles is 1. The molecule has 24 heavy (non-hydrogen) atoms. The lowest BCUT2D eigenvalue weighted by molar-refractivity contribution is 0.317. The summed E-state index contributed by atoms with van der Waals surface area (Å²) in [6.07, 6.45) is 3.98. The van der Waals surface area contributed by atoms with Crippen LogP contribution in [0.5, 0.6) is 11.5 Å². The Bertz CT molecular complexity index is 802. The highest BCUT2D eigenvalue weighted by Crippen LogP contribution is 2.33. The number of nitrogens with zero attached hydrogens (tertiary/aromatic N) is 1. The summed E-state index contributed by atoms with van der Waals surface area (Å²) in [5.41, 5.74) is 2.76. The first-order valence-electron chi connectivity index (χ1n) is 7.56. The maximum Gasteiger partial charge on any atom is 0.161 e. The largest absolute Gasteiger partial charge is 0.504 e. The van der Waals surface area contributed by atoms with Crippen LogP contribution in [0.4, 0.5) is 0 Å². The van der Waals surface area contributed by atoms with Crippen LogP contribution in [0.15, 0.2) is 49.1 Å². The molecule has 0 aliphatic rings. The van der Waals surface area contributed by atoms with Crippen molar-refractivity contribution in [1.82, 2.24) is 0 Å². The number of aromatic hydroxyl groups is 1. The summed E-state index contributed by atoms with van der Waals surface area (Å²) < 4.78 is 5.49. The first kappa shape index (κ1) is 17.7. The van der Waals surface area contributed by atoms with E-state index in [-0.39, 0.29) is 5.75 Å². The predicted molar refractivity (Wildman–Crippen MR) is 98.1 cm³/mol. The van der Waals surface area contributed by atoms with E-state index in [9.17, 15) is 10.4 Å². The highest BCUT2D eigenvalue weighted by Gasteiger charge is 2.10. The Balaban J connectivity index is 2.51. The standard InChI is InChI=1S/C20H18ClNO2/c1-3-5-16-10-14(12-19(20(16)23)24-4-2)11-17(13-22)15-6-8-18(21)9-7-15/h3,6-12,23H,1,4-5H2,2H3/b17-11-. The van der Waals surface area contributed by atoms with Gasteiger partial charge in [0, 0.05) is 10.6 Å². The van der Waals surface area contributed by atoms with Crippen LogP contribution in [0.3, 0.4) is 0 Å². The monoisotopic (exact) mass is 339 g/mol. The zero-order chi connectivity index (χ0) is 17.5. The molecule has 0 aliphatic carbocycles. The number of phenolic OH excluding ortho intramolecular Hbond substituents is 1. The van der Waals surface area contributed by atoms with Crippen LogP contribution >= 0.6 is 11.6 Å². The van der Waals surface area contributed by atoms with E-state index in [0.29, 0.717) is 34.9 Å². The van der Waals surface area contributed by atoms with Gasteiger partial charge in [0.2, 0.25) is 0 Å². The van der Waals surface area contributed by atoms with Crippen molar-refractivity contribution in [2.24, 2.45) is 0 Å². The molecule has 0 fully saturated rings. The molecule has 3 nitrogen and oxygen atoms in total. The summed E-state index contributed by atoms with van der Waals surface area (Å²) in [6, 6.07) is 12.8. The lowest BCUT2D eigenvalue weighted by Crippen LogP contribution is -1.95. The fourth-order valence-electron chi connectivity index (χ4n) is 2.33. The van der Waals surface area contributed by atoms with Crippen LogP contribution in [0.25, 0.3) is 11.6 Å². The second-order valence-corrected chi connectivity index (χ2v) is 5.57. The topological polar surface area (TPSA) is 53.2 Å². The Kier molecular flexibility index (Phi) is 6.06. The number of halogens is 1. The van der Waals surface area contributed by atoms with Crippen molar-refractivity contribution < 1.29 is 9.84 Å². The van der Waals surface area contributed by atoms with Crippen LogP contribution < -0.4 is 4.74 Å². The van der Waals surface area contributed by atoms with E-state index in [4.69, 9.17) is 16.3 Å². The molecule has 4 heteroatoms. The molecule has 2 rings (SSSR count). The van der Waals surface area contributed by atoms with Gasteiger partial charge in [0.1, 0.15) is 0 Å². The van der Waals surface area contributed by atoms with Gasteiger partial charge in [-0.2, -0.15) is 5.26 Å². The third-order valence-corrected chi connectivity index (χ3v) is 3.68. The van der Waals surface area contributed by atoms with E-state index in [0.717, 1.165) is 11.1 Å². The van der Waals surface area contributed by atoms with Gasteiger partial charge in [-0.25, -0.2) is 0 Å². The molecular formula is C20H18ClNO2. The van der Waals surface area contributed by atoms with E-state index in [1.807, 2.05) is 13.0 Å². The molecule has 0 unspecified atom stereocenters. The van der Waals surface area contributed by atoms with E-state index in [1.165, 1.54) is 0 Å². The van der Waals surface area contributed by atoms with Crippen molar-refractivity contribution in [3.63, 3.8) is 0 Å². The highest BCUT2D eigenvalue weighted by atomic mass is 35.5. The second kappa shape index (κ2) is 8.24. The fraction of sp³-hybridized carbons (Fsp3) is 0.150. The molecule has 0 bridgehead atoms. The molecule has 0 aliphatic heterocycles. The van der Waals surface area contributed by atoms with E-state index in [1.54, 1.807) is 42.5 Å². The molecule has 0 saturated carbocycles. The van der Waals surface area contributed by atoms with E-state index < -0.39 is 0 Å². The normalized spacial score (nSPS) is 11.0. The van der Waals surface area contributed by atoms with Crippen molar-refractivity contribution in [3.05, 3.63) is 70.8 Å². The lowest BCUT2D eigenvalue weighted by Gasteiger charge is -2.11.